The summed E-state index contributed by atoms with van der Waals surface area (Å²) in [5, 5.41) is 8.70. The van der Waals surface area contributed by atoms with Crippen LogP contribution in [0, 0.1) is 17.1 Å². The smallest absolute Gasteiger partial charge is 0.141 e. The fourth-order valence-electron chi connectivity index (χ4n) is 2.66. The molecule has 2 aliphatic rings. The van der Waals surface area contributed by atoms with E-state index in [-0.39, 0.29) is 11.5 Å². The van der Waals surface area contributed by atoms with Gasteiger partial charge in [-0.1, -0.05) is 6.07 Å². The SMILES string of the molecule is N#Cc1ccc([C@H]2CCC3=C2C=NC3)cc1F. The minimum atomic E-state index is -0.422. The van der Waals surface area contributed by atoms with E-state index in [1.807, 2.05) is 18.4 Å². The van der Waals surface area contributed by atoms with Crippen LogP contribution in [0.5, 0.6) is 0 Å². The van der Waals surface area contributed by atoms with Crippen molar-refractivity contribution in [1.29, 1.82) is 5.26 Å². The molecule has 0 bridgehead atoms. The second kappa shape index (κ2) is 3.81. The van der Waals surface area contributed by atoms with E-state index in [0.717, 1.165) is 24.9 Å². The van der Waals surface area contributed by atoms with Crippen molar-refractivity contribution < 1.29 is 4.39 Å². The van der Waals surface area contributed by atoms with Crippen LogP contribution in [0.25, 0.3) is 0 Å². The molecule has 0 N–H and O–H groups in total. The van der Waals surface area contributed by atoms with E-state index >= 15 is 0 Å². The number of rotatable bonds is 1. The van der Waals surface area contributed by atoms with Gasteiger partial charge in [-0.3, -0.25) is 4.99 Å². The Morgan fingerprint density at radius 3 is 3.06 bits per heavy atom. The highest BCUT2D eigenvalue weighted by atomic mass is 19.1. The van der Waals surface area contributed by atoms with Crippen molar-refractivity contribution in [3.05, 3.63) is 46.3 Å². The molecule has 0 saturated carbocycles. The molecule has 0 radical (unpaired) electrons. The molecule has 2 nitrogen and oxygen atoms in total. The summed E-state index contributed by atoms with van der Waals surface area (Å²) in [4.78, 5) is 4.25. The fourth-order valence-corrected chi connectivity index (χ4v) is 2.66. The number of allylic oxidation sites excluding steroid dienone is 1. The third-order valence-electron chi connectivity index (χ3n) is 3.55. The van der Waals surface area contributed by atoms with Gasteiger partial charge in [0.25, 0.3) is 0 Å². The number of nitriles is 1. The predicted octanol–water partition coefficient (Wildman–Crippen LogP) is 2.96. The van der Waals surface area contributed by atoms with Crippen LogP contribution in [0.15, 0.2) is 34.3 Å². The molecule has 17 heavy (non-hydrogen) atoms. The predicted molar refractivity (Wildman–Crippen MR) is 63.5 cm³/mol. The van der Waals surface area contributed by atoms with Gasteiger partial charge >= 0.3 is 0 Å². The van der Waals surface area contributed by atoms with E-state index in [2.05, 4.69) is 4.99 Å². The highest BCUT2D eigenvalue weighted by Gasteiger charge is 2.28. The summed E-state index contributed by atoms with van der Waals surface area (Å²) in [5.41, 5.74) is 3.72. The van der Waals surface area contributed by atoms with Gasteiger partial charge in [0.2, 0.25) is 0 Å². The van der Waals surface area contributed by atoms with Crippen LogP contribution in [0.3, 0.4) is 0 Å². The summed E-state index contributed by atoms with van der Waals surface area (Å²) >= 11 is 0. The van der Waals surface area contributed by atoms with Crippen LogP contribution < -0.4 is 0 Å². The first-order valence-corrected chi connectivity index (χ1v) is 5.71. The lowest BCUT2D eigenvalue weighted by molar-refractivity contribution is 0.618. The van der Waals surface area contributed by atoms with Crippen molar-refractivity contribution in [2.75, 3.05) is 6.54 Å². The minimum absolute atomic E-state index is 0.112. The van der Waals surface area contributed by atoms with Gasteiger partial charge in [0.15, 0.2) is 0 Å². The van der Waals surface area contributed by atoms with Crippen molar-refractivity contribution in [2.45, 2.75) is 18.8 Å². The van der Waals surface area contributed by atoms with Crippen LogP contribution in [0.1, 0.15) is 29.9 Å². The molecule has 84 valence electrons. The Bertz CT molecular complexity index is 578. The molecule has 1 aliphatic carbocycles. The molecule has 0 fully saturated rings. The molecule has 0 spiro atoms. The number of hydrogen-bond acceptors (Lipinski definition) is 2. The molecular formula is C14H11FN2. The van der Waals surface area contributed by atoms with Gasteiger partial charge < -0.3 is 0 Å². The Labute approximate surface area is 99.1 Å². The Kier molecular flexibility index (Phi) is 2.29. The lowest BCUT2D eigenvalue weighted by Crippen LogP contribution is -2.00. The number of halogens is 1. The van der Waals surface area contributed by atoms with E-state index in [0.29, 0.717) is 0 Å². The average Bonchev–Trinajstić information content (AvgIpc) is 2.90. The maximum absolute atomic E-state index is 13.6. The van der Waals surface area contributed by atoms with Gasteiger partial charge in [-0.15, -0.1) is 0 Å². The number of aliphatic imine (C=N–C) groups is 1. The van der Waals surface area contributed by atoms with E-state index in [1.54, 1.807) is 6.07 Å². The van der Waals surface area contributed by atoms with Gasteiger partial charge in [-0.2, -0.15) is 5.26 Å². The molecule has 1 aliphatic heterocycles. The van der Waals surface area contributed by atoms with Gasteiger partial charge in [-0.25, -0.2) is 4.39 Å². The van der Waals surface area contributed by atoms with Gasteiger partial charge in [0.05, 0.1) is 12.1 Å². The van der Waals surface area contributed by atoms with E-state index in [4.69, 9.17) is 5.26 Å². The van der Waals surface area contributed by atoms with E-state index in [1.165, 1.54) is 17.2 Å². The standard InChI is InChI=1S/C14H11FN2/c15-14-5-9(1-2-10(14)6-16)12-4-3-11-7-17-8-13(11)12/h1-2,5,8,12H,3-4,7H2/t12-/m1/s1. The van der Waals surface area contributed by atoms with Crippen LogP contribution in [-0.4, -0.2) is 12.8 Å². The first-order valence-electron chi connectivity index (χ1n) is 5.71. The summed E-state index contributed by atoms with van der Waals surface area (Å²) in [6, 6.07) is 6.76. The Morgan fingerprint density at radius 1 is 1.41 bits per heavy atom. The number of hydrogen-bond donors (Lipinski definition) is 0. The quantitative estimate of drug-likeness (QED) is 0.725. The monoisotopic (exact) mass is 226 g/mol. The maximum Gasteiger partial charge on any atom is 0.141 e. The van der Waals surface area contributed by atoms with Crippen molar-refractivity contribution in [2.24, 2.45) is 4.99 Å². The van der Waals surface area contributed by atoms with Crippen LogP contribution >= 0.6 is 0 Å². The van der Waals surface area contributed by atoms with Gasteiger partial charge in [0.1, 0.15) is 11.9 Å². The zero-order valence-corrected chi connectivity index (χ0v) is 9.28. The molecule has 1 aromatic rings. The largest absolute Gasteiger partial charge is 0.288 e. The molecule has 1 heterocycles. The third-order valence-corrected chi connectivity index (χ3v) is 3.55. The third kappa shape index (κ3) is 1.57. The maximum atomic E-state index is 13.6. The van der Waals surface area contributed by atoms with Crippen molar-refractivity contribution in [3.63, 3.8) is 0 Å². The van der Waals surface area contributed by atoms with Crippen molar-refractivity contribution in [3.8, 4) is 6.07 Å². The summed E-state index contributed by atoms with van der Waals surface area (Å²) in [5.74, 6) is -0.160. The normalized spacial score (nSPS) is 21.8. The Morgan fingerprint density at radius 2 is 2.29 bits per heavy atom. The lowest BCUT2D eigenvalue weighted by atomic mass is 9.92. The minimum Gasteiger partial charge on any atom is -0.288 e. The Balaban J connectivity index is 1.99. The summed E-state index contributed by atoms with van der Waals surface area (Å²) < 4.78 is 13.6. The number of benzene rings is 1. The van der Waals surface area contributed by atoms with Crippen LogP contribution in [0.2, 0.25) is 0 Å². The number of nitrogens with zero attached hydrogens (tertiary/aromatic N) is 2. The molecule has 0 saturated heterocycles. The lowest BCUT2D eigenvalue weighted by Gasteiger charge is -2.12. The first-order chi connectivity index (χ1) is 8.29. The molecule has 0 unspecified atom stereocenters. The molecule has 1 aromatic carbocycles. The molecular weight excluding hydrogens is 215 g/mol. The Hall–Kier alpha value is -1.95. The van der Waals surface area contributed by atoms with Gasteiger partial charge in [-0.05, 0) is 41.7 Å². The summed E-state index contributed by atoms with van der Waals surface area (Å²) in [6.45, 7) is 0.810. The van der Waals surface area contributed by atoms with Gasteiger partial charge in [0, 0.05) is 12.1 Å². The van der Waals surface area contributed by atoms with Crippen LogP contribution in [-0.2, 0) is 0 Å². The highest BCUT2D eigenvalue weighted by molar-refractivity contribution is 5.85. The fraction of sp³-hybridized carbons (Fsp3) is 0.286. The van der Waals surface area contributed by atoms with E-state index in [9.17, 15) is 4.39 Å². The highest BCUT2D eigenvalue weighted by Crippen LogP contribution is 2.40. The molecule has 0 aromatic heterocycles. The zero-order valence-electron chi connectivity index (χ0n) is 9.28. The van der Waals surface area contributed by atoms with Crippen LogP contribution in [0.4, 0.5) is 4.39 Å². The average molecular weight is 226 g/mol. The summed E-state index contributed by atoms with van der Waals surface area (Å²) in [6.07, 6.45) is 4.01. The molecule has 1 atom stereocenters. The zero-order chi connectivity index (χ0) is 11.8. The topological polar surface area (TPSA) is 36.1 Å². The van der Waals surface area contributed by atoms with E-state index < -0.39 is 5.82 Å². The second-order valence-corrected chi connectivity index (χ2v) is 4.47. The molecule has 3 rings (SSSR count). The van der Waals surface area contributed by atoms with Crippen molar-refractivity contribution in [1.82, 2.24) is 0 Å². The molecule has 0 amide bonds. The summed E-state index contributed by atoms with van der Waals surface area (Å²) in [7, 11) is 0. The van der Waals surface area contributed by atoms with Crippen molar-refractivity contribution >= 4 is 6.21 Å². The molecule has 3 heteroatoms. The second-order valence-electron chi connectivity index (χ2n) is 4.47. The first kappa shape index (κ1) is 10.2.